The predicted octanol–water partition coefficient (Wildman–Crippen LogP) is 3.32. The first-order valence-corrected chi connectivity index (χ1v) is 12.5. The van der Waals surface area contributed by atoms with E-state index in [4.69, 9.17) is 9.47 Å². The van der Waals surface area contributed by atoms with E-state index in [1.165, 1.54) is 11.1 Å². The lowest BCUT2D eigenvalue weighted by molar-refractivity contribution is -0.148. The summed E-state index contributed by atoms with van der Waals surface area (Å²) in [5.74, 6) is 1.66. The van der Waals surface area contributed by atoms with Gasteiger partial charge in [-0.15, -0.1) is 0 Å². The number of hydrogen-bond donors (Lipinski definition) is 1. The lowest BCUT2D eigenvalue weighted by Crippen LogP contribution is -2.61. The molecule has 2 aromatic carbocycles. The van der Waals surface area contributed by atoms with Gasteiger partial charge in [-0.3, -0.25) is 4.79 Å². The van der Waals surface area contributed by atoms with Crippen LogP contribution in [-0.2, 0) is 17.6 Å². The van der Waals surface area contributed by atoms with Gasteiger partial charge in [-0.1, -0.05) is 30.3 Å². The average molecular weight is 462 g/mol. The molecule has 0 bridgehead atoms. The molecule has 3 atom stereocenters. The number of rotatable bonds is 3. The molecule has 6 rings (SSSR count). The van der Waals surface area contributed by atoms with Crippen molar-refractivity contribution in [3.05, 3.63) is 59.2 Å². The van der Waals surface area contributed by atoms with Crippen LogP contribution in [0, 0.1) is 5.92 Å². The highest BCUT2D eigenvalue weighted by atomic mass is 16.6. The van der Waals surface area contributed by atoms with Gasteiger partial charge in [-0.05, 0) is 60.9 Å². The number of likely N-dealkylation sites (tertiary alicyclic amines) is 1. The number of ether oxygens (including phenoxy) is 2. The molecule has 7 nitrogen and oxygen atoms in total. The molecule has 2 saturated heterocycles. The summed E-state index contributed by atoms with van der Waals surface area (Å²) in [5.41, 5.74) is 3.58. The third-order valence-corrected chi connectivity index (χ3v) is 7.80. The minimum atomic E-state index is -0.108. The van der Waals surface area contributed by atoms with E-state index in [9.17, 15) is 9.59 Å². The summed E-state index contributed by atoms with van der Waals surface area (Å²) in [6.45, 7) is 3.13. The van der Waals surface area contributed by atoms with Crippen LogP contribution in [0.5, 0.6) is 11.5 Å². The molecular weight excluding hydrogens is 430 g/mol. The van der Waals surface area contributed by atoms with Crippen LogP contribution in [0.4, 0.5) is 4.79 Å². The van der Waals surface area contributed by atoms with Crippen LogP contribution in [0.2, 0.25) is 0 Å². The molecule has 0 radical (unpaired) electrons. The molecule has 34 heavy (non-hydrogen) atoms. The van der Waals surface area contributed by atoms with Crippen LogP contribution >= 0.6 is 0 Å². The Balaban J connectivity index is 1.21. The maximum atomic E-state index is 13.6. The molecule has 4 aliphatic rings. The molecule has 1 N–H and O–H groups in total. The van der Waals surface area contributed by atoms with Crippen molar-refractivity contribution in [1.29, 1.82) is 0 Å². The highest BCUT2D eigenvalue weighted by Gasteiger charge is 2.48. The van der Waals surface area contributed by atoms with Crippen molar-refractivity contribution in [3.63, 3.8) is 0 Å². The Bertz CT molecular complexity index is 1090. The zero-order valence-corrected chi connectivity index (χ0v) is 19.4. The molecule has 2 aromatic rings. The molecule has 0 aromatic heterocycles. The van der Waals surface area contributed by atoms with Gasteiger partial charge < -0.3 is 24.6 Å². The van der Waals surface area contributed by atoms with Gasteiger partial charge >= 0.3 is 6.03 Å². The topological polar surface area (TPSA) is 71.1 Å². The minimum absolute atomic E-state index is 0.0222. The van der Waals surface area contributed by atoms with Crippen LogP contribution in [0.3, 0.4) is 0 Å². The first kappa shape index (κ1) is 21.3. The quantitative estimate of drug-likeness (QED) is 0.761. The van der Waals surface area contributed by atoms with Crippen molar-refractivity contribution < 1.29 is 19.1 Å². The number of hydrogen-bond acceptors (Lipinski definition) is 4. The predicted molar refractivity (Wildman–Crippen MR) is 127 cm³/mol. The van der Waals surface area contributed by atoms with Crippen LogP contribution in [-0.4, -0.2) is 60.6 Å². The largest absolute Gasteiger partial charge is 0.486 e. The van der Waals surface area contributed by atoms with E-state index in [1.54, 1.807) is 0 Å². The summed E-state index contributed by atoms with van der Waals surface area (Å²) in [6.07, 6.45) is 4.12. The van der Waals surface area contributed by atoms with Crippen molar-refractivity contribution in [2.75, 3.05) is 32.8 Å². The molecular formula is C27H31N3O4. The summed E-state index contributed by atoms with van der Waals surface area (Å²) in [6, 6.07) is 14.2. The van der Waals surface area contributed by atoms with Crippen molar-refractivity contribution in [1.82, 2.24) is 15.1 Å². The number of urea groups is 1. The zero-order valence-electron chi connectivity index (χ0n) is 19.4. The van der Waals surface area contributed by atoms with E-state index < -0.39 is 0 Å². The molecule has 178 valence electrons. The van der Waals surface area contributed by atoms with E-state index >= 15 is 0 Å². The van der Waals surface area contributed by atoms with Gasteiger partial charge in [-0.25, -0.2) is 4.79 Å². The second kappa shape index (κ2) is 8.85. The summed E-state index contributed by atoms with van der Waals surface area (Å²) in [4.78, 5) is 30.8. The monoisotopic (exact) mass is 461 g/mol. The number of benzene rings is 2. The molecule has 4 aliphatic heterocycles. The Kier molecular flexibility index (Phi) is 5.55. The Labute approximate surface area is 200 Å². The van der Waals surface area contributed by atoms with Crippen molar-refractivity contribution in [2.45, 2.75) is 44.2 Å². The van der Waals surface area contributed by atoms with E-state index in [1.807, 2.05) is 23.1 Å². The third-order valence-electron chi connectivity index (χ3n) is 7.80. The second-order valence-electron chi connectivity index (χ2n) is 9.70. The number of amides is 3. The Hall–Kier alpha value is -3.22. The lowest BCUT2D eigenvalue weighted by Gasteiger charge is -2.51. The fourth-order valence-electron chi connectivity index (χ4n) is 6.15. The van der Waals surface area contributed by atoms with E-state index in [2.05, 4.69) is 34.5 Å². The van der Waals surface area contributed by atoms with Crippen LogP contribution in [0.15, 0.2) is 42.5 Å². The van der Waals surface area contributed by atoms with Crippen LogP contribution < -0.4 is 14.8 Å². The molecule has 0 saturated carbocycles. The molecule has 0 spiro atoms. The smallest absolute Gasteiger partial charge is 0.317 e. The normalized spacial score (nSPS) is 25.2. The van der Waals surface area contributed by atoms with E-state index in [0.717, 1.165) is 55.7 Å². The Morgan fingerprint density at radius 1 is 1.06 bits per heavy atom. The van der Waals surface area contributed by atoms with Gasteiger partial charge in [0.15, 0.2) is 11.5 Å². The van der Waals surface area contributed by atoms with Crippen molar-refractivity contribution in [3.8, 4) is 11.5 Å². The Morgan fingerprint density at radius 2 is 1.85 bits per heavy atom. The number of nitrogens with zero attached hydrogens (tertiary/aromatic N) is 2. The van der Waals surface area contributed by atoms with Gasteiger partial charge in [0.1, 0.15) is 13.2 Å². The van der Waals surface area contributed by atoms with Crippen LogP contribution in [0.25, 0.3) is 0 Å². The van der Waals surface area contributed by atoms with Crippen molar-refractivity contribution in [2.24, 2.45) is 5.92 Å². The first-order valence-electron chi connectivity index (χ1n) is 12.5. The highest BCUT2D eigenvalue weighted by Crippen LogP contribution is 2.46. The fraction of sp³-hybridized carbons (Fsp3) is 0.481. The summed E-state index contributed by atoms with van der Waals surface area (Å²) >= 11 is 0. The maximum absolute atomic E-state index is 13.6. The van der Waals surface area contributed by atoms with Gasteiger partial charge in [0.2, 0.25) is 5.91 Å². The van der Waals surface area contributed by atoms with Gasteiger partial charge in [0.05, 0.1) is 12.0 Å². The summed E-state index contributed by atoms with van der Waals surface area (Å²) in [7, 11) is 0. The van der Waals surface area contributed by atoms with E-state index in [-0.39, 0.29) is 29.9 Å². The Morgan fingerprint density at radius 3 is 2.68 bits per heavy atom. The molecule has 7 heteroatoms. The first-order chi connectivity index (χ1) is 16.7. The molecule has 2 fully saturated rings. The molecule has 3 amide bonds. The van der Waals surface area contributed by atoms with Crippen molar-refractivity contribution >= 4 is 11.9 Å². The zero-order chi connectivity index (χ0) is 23.1. The third kappa shape index (κ3) is 3.77. The number of carbonyl (C=O) groups excluding carboxylic acids is 2. The second-order valence-corrected chi connectivity index (χ2v) is 9.70. The van der Waals surface area contributed by atoms with Gasteiger partial charge in [0, 0.05) is 25.7 Å². The molecule has 0 unspecified atom stereocenters. The highest BCUT2D eigenvalue weighted by molar-refractivity contribution is 5.83. The summed E-state index contributed by atoms with van der Waals surface area (Å²) < 4.78 is 11.6. The number of piperidine rings is 2. The van der Waals surface area contributed by atoms with Gasteiger partial charge in [0.25, 0.3) is 0 Å². The lowest BCUT2D eigenvalue weighted by atomic mass is 9.76. The average Bonchev–Trinajstić information content (AvgIpc) is 2.88. The summed E-state index contributed by atoms with van der Waals surface area (Å²) in [5, 5.41) is 3.11. The molecule has 4 heterocycles. The maximum Gasteiger partial charge on any atom is 0.317 e. The molecule has 0 aliphatic carbocycles. The fourth-order valence-corrected chi connectivity index (χ4v) is 6.15. The van der Waals surface area contributed by atoms with E-state index in [0.29, 0.717) is 26.3 Å². The van der Waals surface area contributed by atoms with Crippen LogP contribution in [0.1, 0.15) is 42.0 Å². The standard InChI is InChI=1S/C27H31N3O4/c31-26-20-7-4-11-30(27(32)28-10-8-18-5-2-1-3-6-18)22(20)17-23-21-16-25-24(33-13-14-34-25)15-19(21)9-12-29(23)26/h1-3,5-6,15-16,20,22-23H,4,7-14,17H2,(H,28,32)/t20-,22-,23-/m0/s1. The number of fused-ring (bicyclic) bond motifs is 5. The number of nitrogens with one attached hydrogen (secondary N) is 1. The SMILES string of the molecule is O=C1[C@H]2CCCN(C(=O)NCCc3ccccc3)[C@H]2C[C@H]2c3cc4c(cc3CCN12)OCCO4. The number of carbonyl (C=O) groups is 2. The minimum Gasteiger partial charge on any atom is -0.486 e. The van der Waals surface area contributed by atoms with Gasteiger partial charge in [-0.2, -0.15) is 0 Å².